The molecular weight excluding hydrogens is 1040 g/mol. The molecule has 1 saturated heterocycles. The summed E-state index contributed by atoms with van der Waals surface area (Å²) in [5, 5.41) is 3.76. The Balaban J connectivity index is 0.0000656. The van der Waals surface area contributed by atoms with Crippen molar-refractivity contribution >= 4 is 32.2 Å². The number of carbonyl (C=O) groups is 4. The molecule has 1 heterocycles. The van der Waals surface area contributed by atoms with Gasteiger partial charge in [0.25, 0.3) is 0 Å². The van der Waals surface area contributed by atoms with Gasteiger partial charge in [0.2, 0.25) is 0 Å². The van der Waals surface area contributed by atoms with Crippen molar-refractivity contribution in [1.29, 1.82) is 0 Å². The minimum absolute atomic E-state index is 0. The van der Waals surface area contributed by atoms with Crippen molar-refractivity contribution in [2.75, 3.05) is 33.0 Å². The quantitative estimate of drug-likeness (QED) is 0.0205. The number of hydrogen-bond donors (Lipinski definition) is 1. The molecule has 0 aromatic heterocycles. The third kappa shape index (κ3) is 43.6. The first-order valence-corrected chi connectivity index (χ1v) is 38.0. The summed E-state index contributed by atoms with van der Waals surface area (Å²) >= 11 is 0. The average molecular weight is 1180 g/mol. The summed E-state index contributed by atoms with van der Waals surface area (Å²) in [4.78, 5) is 54.4. The van der Waals surface area contributed by atoms with E-state index in [9.17, 15) is 19.2 Å². The van der Waals surface area contributed by atoms with Gasteiger partial charge in [0.05, 0.1) is 38.1 Å². The normalized spacial score (nSPS) is 15.4. The standard InChI is InChI=1S/C69H133NO10Si.CH4/c1-12-16-18-20-22-24-26-28-30-32-34-36-38-40-42-44-55-78-65(73)62(66(74)79-56-45-43-41-39-37-35-33-31-29-27-25-23-21-19-17-13-2)50-47-52-69(80-81(9,10)11,51-46-49-61(63(71)75-15-4)64(72)77-54-14-3)53-48-57-76-60-58-67(5,6)70-68(7,8)59-60;/h60-62,70H,12-59H2,1-11H3;1H4. The highest BCUT2D eigenvalue weighted by Crippen LogP contribution is 2.37. The molecule has 1 aliphatic rings. The summed E-state index contributed by atoms with van der Waals surface area (Å²) in [6.07, 6.45) is 47.5. The van der Waals surface area contributed by atoms with Crippen LogP contribution in [0.4, 0.5) is 0 Å². The van der Waals surface area contributed by atoms with E-state index in [0.717, 1.165) is 57.8 Å². The Labute approximate surface area is 508 Å². The van der Waals surface area contributed by atoms with Crippen LogP contribution in [0.1, 0.15) is 339 Å². The number of ether oxygens (including phenoxy) is 5. The highest BCUT2D eigenvalue weighted by molar-refractivity contribution is 6.69. The van der Waals surface area contributed by atoms with Gasteiger partial charge in [-0.3, -0.25) is 19.2 Å². The van der Waals surface area contributed by atoms with E-state index >= 15 is 0 Å². The molecule has 0 spiro atoms. The van der Waals surface area contributed by atoms with Gasteiger partial charge in [0, 0.05) is 17.7 Å². The molecule has 1 N–H and O–H groups in total. The van der Waals surface area contributed by atoms with Crippen molar-refractivity contribution in [2.24, 2.45) is 11.8 Å². The zero-order valence-electron chi connectivity index (χ0n) is 55.3. The van der Waals surface area contributed by atoms with Gasteiger partial charge in [0.1, 0.15) is 0 Å². The summed E-state index contributed by atoms with van der Waals surface area (Å²) < 4.78 is 36.6. The smallest absolute Gasteiger partial charge is 0.320 e. The van der Waals surface area contributed by atoms with Crippen LogP contribution >= 0.6 is 0 Å². The number of carbonyl (C=O) groups excluding carboxylic acids is 4. The van der Waals surface area contributed by atoms with Crippen LogP contribution in [0.15, 0.2) is 0 Å². The largest absolute Gasteiger partial charge is 0.465 e. The molecule has 1 aliphatic heterocycles. The lowest BCUT2D eigenvalue weighted by atomic mass is 9.81. The van der Waals surface area contributed by atoms with Crippen molar-refractivity contribution in [3.05, 3.63) is 0 Å². The van der Waals surface area contributed by atoms with Crippen LogP contribution in [0.5, 0.6) is 0 Å². The highest BCUT2D eigenvalue weighted by Gasteiger charge is 2.40. The minimum Gasteiger partial charge on any atom is -0.465 e. The maximum Gasteiger partial charge on any atom is 0.320 e. The summed E-state index contributed by atoms with van der Waals surface area (Å²) in [5.41, 5.74) is -0.727. The third-order valence-electron chi connectivity index (χ3n) is 16.4. The lowest BCUT2D eigenvalue weighted by molar-refractivity contribution is -0.164. The Bertz CT molecular complexity index is 1480. The van der Waals surface area contributed by atoms with Crippen molar-refractivity contribution in [3.8, 4) is 0 Å². The first kappa shape index (κ1) is 80.0. The van der Waals surface area contributed by atoms with Crippen molar-refractivity contribution in [3.63, 3.8) is 0 Å². The van der Waals surface area contributed by atoms with E-state index in [4.69, 9.17) is 28.1 Å². The fourth-order valence-electron chi connectivity index (χ4n) is 12.5. The predicted molar refractivity (Wildman–Crippen MR) is 347 cm³/mol. The van der Waals surface area contributed by atoms with E-state index in [2.05, 4.69) is 66.5 Å². The molecule has 0 aliphatic carbocycles. The van der Waals surface area contributed by atoms with Gasteiger partial charge in [0.15, 0.2) is 20.2 Å². The van der Waals surface area contributed by atoms with Crippen molar-refractivity contribution in [1.82, 2.24) is 5.32 Å². The summed E-state index contributed by atoms with van der Waals surface area (Å²) in [5.74, 6) is -4.13. The van der Waals surface area contributed by atoms with Crippen LogP contribution < -0.4 is 5.32 Å². The van der Waals surface area contributed by atoms with Gasteiger partial charge < -0.3 is 33.4 Å². The van der Waals surface area contributed by atoms with E-state index in [-0.39, 0.29) is 50.7 Å². The topological polar surface area (TPSA) is 136 Å². The molecule has 1 fully saturated rings. The van der Waals surface area contributed by atoms with Crippen LogP contribution in [0.3, 0.4) is 0 Å². The fourth-order valence-corrected chi connectivity index (χ4v) is 14.1. The van der Waals surface area contributed by atoms with Crippen LogP contribution in [-0.4, -0.2) is 88.0 Å². The molecule has 12 heteroatoms. The average Bonchev–Trinajstić information content (AvgIpc) is 3.40. The minimum atomic E-state index is -2.21. The molecule has 2 unspecified atom stereocenters. The first-order valence-electron chi connectivity index (χ1n) is 34.6. The SMILES string of the molecule is C.CCCCCCCCCCCCCCCCCCOC(=O)C(CCCC(CCCOC1CC(C)(C)NC(C)(C)C1)(CCCC(C(=O)OCC)C(=O)OCCC)O[Si](C)(C)C)C(=O)OCCCCCCCCCCCCCCCCCC. The second kappa shape index (κ2) is 50.0. The van der Waals surface area contributed by atoms with Crippen molar-refractivity contribution in [2.45, 2.75) is 381 Å². The van der Waals surface area contributed by atoms with Gasteiger partial charge in [-0.1, -0.05) is 221 Å². The van der Waals surface area contributed by atoms with Gasteiger partial charge >= 0.3 is 23.9 Å². The van der Waals surface area contributed by atoms with Gasteiger partial charge in [-0.05, 0) is 138 Å². The Morgan fingerprint density at radius 1 is 0.415 bits per heavy atom. The number of piperidine rings is 1. The van der Waals surface area contributed by atoms with E-state index in [0.29, 0.717) is 58.3 Å². The highest BCUT2D eigenvalue weighted by atomic mass is 28.4. The maximum atomic E-state index is 14.0. The number of nitrogens with one attached hydrogen (secondary N) is 1. The maximum absolute atomic E-state index is 14.0. The molecule has 11 nitrogen and oxygen atoms in total. The Kier molecular flexibility index (Phi) is 48.8. The van der Waals surface area contributed by atoms with Gasteiger partial charge in [-0.25, -0.2) is 0 Å². The van der Waals surface area contributed by atoms with E-state index in [1.165, 1.54) is 167 Å². The third-order valence-corrected chi connectivity index (χ3v) is 17.5. The second-order valence-corrected chi connectivity index (χ2v) is 31.5. The molecule has 0 aromatic rings. The fraction of sp³-hybridized carbons (Fsp3) is 0.943. The van der Waals surface area contributed by atoms with E-state index < -0.39 is 49.6 Å². The predicted octanol–water partition coefficient (Wildman–Crippen LogP) is 20.0. The first-order chi connectivity index (χ1) is 38.8. The Morgan fingerprint density at radius 2 is 0.720 bits per heavy atom. The molecule has 0 saturated carbocycles. The van der Waals surface area contributed by atoms with Crippen LogP contribution in [0.2, 0.25) is 19.6 Å². The molecular formula is C70H137NO10Si. The molecule has 0 amide bonds. The number of esters is 4. The van der Waals surface area contributed by atoms with E-state index in [1.54, 1.807) is 6.92 Å². The number of unbranched alkanes of at least 4 members (excludes halogenated alkanes) is 30. The van der Waals surface area contributed by atoms with Crippen molar-refractivity contribution < 1.29 is 47.3 Å². The summed E-state index contributed by atoms with van der Waals surface area (Å²) in [6.45, 7) is 25.3. The van der Waals surface area contributed by atoms with Gasteiger partial charge in [-0.2, -0.15) is 0 Å². The lowest BCUT2D eigenvalue weighted by Gasteiger charge is -2.46. The van der Waals surface area contributed by atoms with E-state index in [1.807, 2.05) is 6.92 Å². The lowest BCUT2D eigenvalue weighted by Crippen LogP contribution is -2.59. The molecule has 1 rings (SSSR count). The molecule has 0 radical (unpaired) electrons. The molecule has 0 aromatic carbocycles. The molecule has 2 atom stereocenters. The summed E-state index contributed by atoms with van der Waals surface area (Å²) in [7, 11) is -2.21. The molecule has 486 valence electrons. The number of hydrogen-bond acceptors (Lipinski definition) is 11. The van der Waals surface area contributed by atoms with Gasteiger partial charge in [-0.15, -0.1) is 0 Å². The Hall–Kier alpha value is -2.02. The molecule has 0 bridgehead atoms. The van der Waals surface area contributed by atoms with Crippen LogP contribution in [-0.2, 0) is 47.3 Å². The number of rotatable bonds is 56. The second-order valence-electron chi connectivity index (χ2n) is 27.0. The zero-order valence-corrected chi connectivity index (χ0v) is 56.3. The zero-order chi connectivity index (χ0) is 59.9. The van der Waals surface area contributed by atoms with Crippen LogP contribution in [0.25, 0.3) is 0 Å². The van der Waals surface area contributed by atoms with Crippen LogP contribution in [0, 0.1) is 11.8 Å². The Morgan fingerprint density at radius 3 is 1.04 bits per heavy atom. The molecule has 82 heavy (non-hydrogen) atoms. The monoisotopic (exact) mass is 1180 g/mol. The summed E-state index contributed by atoms with van der Waals surface area (Å²) in [6, 6.07) is 0.